The van der Waals surface area contributed by atoms with E-state index in [0.717, 1.165) is 6.07 Å². The van der Waals surface area contributed by atoms with Crippen LogP contribution in [0.4, 0.5) is 0 Å². The number of piperazine rings is 1. The van der Waals surface area contributed by atoms with E-state index in [2.05, 4.69) is 5.32 Å². The summed E-state index contributed by atoms with van der Waals surface area (Å²) in [5.41, 5.74) is 0. The molecule has 20 heavy (non-hydrogen) atoms. The third kappa shape index (κ3) is 3.68. The van der Waals surface area contributed by atoms with E-state index in [0.29, 0.717) is 26.2 Å². The molecule has 0 atom stereocenters. The molecular formula is C10H16ClN3O4S2. The summed E-state index contributed by atoms with van der Waals surface area (Å²) in [6.45, 7) is 1.88. The molecule has 7 nitrogen and oxygen atoms in total. The third-order valence-corrected chi connectivity index (χ3v) is 5.65. The minimum Gasteiger partial charge on any atom is -0.314 e. The first-order chi connectivity index (χ1) is 8.82. The zero-order valence-corrected chi connectivity index (χ0v) is 13.0. The van der Waals surface area contributed by atoms with E-state index < -0.39 is 20.0 Å². The van der Waals surface area contributed by atoms with Crippen molar-refractivity contribution >= 4 is 32.5 Å². The fraction of sp³-hybridized carbons (Fsp3) is 0.400. The first-order valence-corrected chi connectivity index (χ1v) is 8.64. The molecule has 0 saturated carbocycles. The van der Waals surface area contributed by atoms with E-state index >= 15 is 0 Å². The fourth-order valence-electron chi connectivity index (χ4n) is 1.85. The molecule has 1 saturated heterocycles. The Bertz CT molecular complexity index is 669. The molecule has 1 aromatic carbocycles. The maximum atomic E-state index is 12.3. The maximum Gasteiger partial charge on any atom is 0.243 e. The van der Waals surface area contributed by atoms with Crippen LogP contribution in [0.1, 0.15) is 0 Å². The summed E-state index contributed by atoms with van der Waals surface area (Å²) >= 11 is 0. The molecular weight excluding hydrogens is 326 g/mol. The highest BCUT2D eigenvalue weighted by Crippen LogP contribution is 2.19. The monoisotopic (exact) mass is 341 g/mol. The van der Waals surface area contributed by atoms with Gasteiger partial charge >= 0.3 is 0 Å². The fourth-order valence-corrected chi connectivity index (χ4v) is 3.97. The van der Waals surface area contributed by atoms with Crippen molar-refractivity contribution in [1.82, 2.24) is 9.62 Å². The summed E-state index contributed by atoms with van der Waals surface area (Å²) in [5, 5.41) is 8.05. The Morgan fingerprint density at radius 1 is 1.05 bits per heavy atom. The first-order valence-electron chi connectivity index (χ1n) is 5.65. The molecule has 1 heterocycles. The Hall–Kier alpha value is -0.710. The summed E-state index contributed by atoms with van der Waals surface area (Å²) in [4.78, 5) is -0.260. The topological polar surface area (TPSA) is 110 Å². The number of primary sulfonamides is 1. The second kappa shape index (κ2) is 6.37. The number of rotatable bonds is 3. The van der Waals surface area contributed by atoms with Crippen LogP contribution in [-0.2, 0) is 20.0 Å². The molecule has 0 aliphatic carbocycles. The summed E-state index contributed by atoms with van der Waals surface area (Å²) in [6, 6.07) is 5.10. The summed E-state index contributed by atoms with van der Waals surface area (Å²) in [6.07, 6.45) is 0. The lowest BCUT2D eigenvalue weighted by Crippen LogP contribution is -2.46. The Balaban J connectivity index is 0.00000200. The molecule has 2 rings (SSSR count). The van der Waals surface area contributed by atoms with Gasteiger partial charge in [-0.1, -0.05) is 6.07 Å². The minimum atomic E-state index is -3.91. The first kappa shape index (κ1) is 17.3. The van der Waals surface area contributed by atoms with Crippen LogP contribution in [0, 0.1) is 0 Å². The second-order valence-electron chi connectivity index (χ2n) is 4.17. The van der Waals surface area contributed by atoms with Crippen LogP contribution in [0.3, 0.4) is 0 Å². The Morgan fingerprint density at radius 2 is 1.60 bits per heavy atom. The lowest BCUT2D eigenvalue weighted by molar-refractivity contribution is 0.360. The molecule has 10 heteroatoms. The Kier molecular flexibility index (Phi) is 5.53. The highest BCUT2D eigenvalue weighted by atomic mass is 35.5. The van der Waals surface area contributed by atoms with Crippen molar-refractivity contribution < 1.29 is 16.8 Å². The average molecular weight is 342 g/mol. The SMILES string of the molecule is Cl.NS(=O)(=O)c1cccc(S(=O)(=O)N2CCNCC2)c1. The van der Waals surface area contributed by atoms with Gasteiger partial charge < -0.3 is 5.32 Å². The van der Waals surface area contributed by atoms with Crippen LogP contribution in [0.25, 0.3) is 0 Å². The summed E-state index contributed by atoms with van der Waals surface area (Å²) in [7, 11) is -7.58. The van der Waals surface area contributed by atoms with Crippen molar-refractivity contribution in [2.75, 3.05) is 26.2 Å². The van der Waals surface area contributed by atoms with Crippen molar-refractivity contribution in [1.29, 1.82) is 0 Å². The van der Waals surface area contributed by atoms with Gasteiger partial charge in [-0.3, -0.25) is 0 Å². The van der Waals surface area contributed by atoms with E-state index in [4.69, 9.17) is 5.14 Å². The molecule has 0 radical (unpaired) electrons. The maximum absolute atomic E-state index is 12.3. The van der Waals surface area contributed by atoms with Crippen LogP contribution in [-0.4, -0.2) is 47.3 Å². The normalized spacial score (nSPS) is 17.4. The number of nitrogens with two attached hydrogens (primary N) is 1. The highest BCUT2D eigenvalue weighted by molar-refractivity contribution is 7.90. The minimum absolute atomic E-state index is 0. The lowest BCUT2D eigenvalue weighted by Gasteiger charge is -2.26. The molecule has 0 aromatic heterocycles. The van der Waals surface area contributed by atoms with Crippen LogP contribution in [0.2, 0.25) is 0 Å². The van der Waals surface area contributed by atoms with Gasteiger partial charge in [0.05, 0.1) is 9.79 Å². The number of hydrogen-bond donors (Lipinski definition) is 2. The number of hydrogen-bond acceptors (Lipinski definition) is 5. The van der Waals surface area contributed by atoms with E-state index in [1.165, 1.54) is 22.5 Å². The van der Waals surface area contributed by atoms with Gasteiger partial charge in [-0.05, 0) is 18.2 Å². The van der Waals surface area contributed by atoms with E-state index in [9.17, 15) is 16.8 Å². The molecule has 1 fully saturated rings. The molecule has 3 N–H and O–H groups in total. The smallest absolute Gasteiger partial charge is 0.243 e. The highest BCUT2D eigenvalue weighted by Gasteiger charge is 2.26. The van der Waals surface area contributed by atoms with Crippen LogP contribution in [0.5, 0.6) is 0 Å². The van der Waals surface area contributed by atoms with Crippen molar-refractivity contribution in [2.45, 2.75) is 9.79 Å². The quantitative estimate of drug-likeness (QED) is 0.759. The van der Waals surface area contributed by atoms with Crippen molar-refractivity contribution in [3.63, 3.8) is 0 Å². The van der Waals surface area contributed by atoms with Crippen LogP contribution in [0.15, 0.2) is 34.1 Å². The van der Waals surface area contributed by atoms with Crippen LogP contribution < -0.4 is 10.5 Å². The van der Waals surface area contributed by atoms with E-state index in [1.54, 1.807) is 0 Å². The number of benzene rings is 1. The van der Waals surface area contributed by atoms with Gasteiger partial charge in [0.2, 0.25) is 20.0 Å². The summed E-state index contributed by atoms with van der Waals surface area (Å²) in [5.74, 6) is 0. The molecule has 1 aromatic rings. The van der Waals surface area contributed by atoms with Gasteiger partial charge in [0.15, 0.2) is 0 Å². The van der Waals surface area contributed by atoms with Gasteiger partial charge in [-0.25, -0.2) is 22.0 Å². The predicted molar refractivity (Wildman–Crippen MR) is 76.7 cm³/mol. The van der Waals surface area contributed by atoms with Crippen molar-refractivity contribution in [3.8, 4) is 0 Å². The molecule has 0 amide bonds. The van der Waals surface area contributed by atoms with Crippen LogP contribution >= 0.6 is 12.4 Å². The van der Waals surface area contributed by atoms with E-state index in [-0.39, 0.29) is 22.2 Å². The molecule has 1 aliphatic rings. The molecule has 0 spiro atoms. The number of nitrogens with zero attached hydrogens (tertiary/aromatic N) is 1. The van der Waals surface area contributed by atoms with E-state index in [1.807, 2.05) is 0 Å². The lowest BCUT2D eigenvalue weighted by atomic mass is 10.4. The Morgan fingerprint density at radius 3 is 2.15 bits per heavy atom. The molecule has 1 aliphatic heterocycles. The Labute approximate surface area is 124 Å². The molecule has 114 valence electrons. The van der Waals surface area contributed by atoms with Gasteiger partial charge in [0.1, 0.15) is 0 Å². The van der Waals surface area contributed by atoms with Crippen molar-refractivity contribution in [2.24, 2.45) is 5.14 Å². The second-order valence-corrected chi connectivity index (χ2v) is 7.67. The third-order valence-electron chi connectivity index (χ3n) is 2.85. The summed E-state index contributed by atoms with van der Waals surface area (Å²) < 4.78 is 48.5. The zero-order chi connectivity index (χ0) is 14.1. The zero-order valence-electron chi connectivity index (χ0n) is 10.5. The number of nitrogens with one attached hydrogen (secondary N) is 1. The predicted octanol–water partition coefficient (Wildman–Crippen LogP) is -0.650. The number of sulfonamides is 2. The van der Waals surface area contributed by atoms with Gasteiger partial charge in [-0.2, -0.15) is 4.31 Å². The van der Waals surface area contributed by atoms with Gasteiger partial charge in [-0.15, -0.1) is 12.4 Å². The van der Waals surface area contributed by atoms with Gasteiger partial charge in [0, 0.05) is 26.2 Å². The van der Waals surface area contributed by atoms with Gasteiger partial charge in [0.25, 0.3) is 0 Å². The number of halogens is 1. The standard InChI is InChI=1S/C10H15N3O4S2.ClH/c11-18(14,15)9-2-1-3-10(8-9)19(16,17)13-6-4-12-5-7-13;/h1-3,8,12H,4-7H2,(H2,11,14,15);1H. The molecule has 0 bridgehead atoms. The largest absolute Gasteiger partial charge is 0.314 e. The molecule has 0 unspecified atom stereocenters. The average Bonchev–Trinajstić information content (AvgIpc) is 2.39. The van der Waals surface area contributed by atoms with Crippen molar-refractivity contribution in [3.05, 3.63) is 24.3 Å².